The molecular weight excluding hydrogens is 266 g/mol. The largest absolute Gasteiger partial charge is 0.477 e. The van der Waals surface area contributed by atoms with Gasteiger partial charge in [-0.15, -0.1) is 22.7 Å². The highest BCUT2D eigenvalue weighted by Gasteiger charge is 2.08. The van der Waals surface area contributed by atoms with E-state index in [1.54, 1.807) is 17.4 Å². The van der Waals surface area contributed by atoms with E-state index in [4.69, 9.17) is 5.11 Å². The normalized spacial score (nSPS) is 12.5. The lowest BCUT2D eigenvalue weighted by atomic mass is 10.2. The molecule has 2 N–H and O–H groups in total. The summed E-state index contributed by atoms with van der Waals surface area (Å²) in [6.07, 6.45) is 1.01. The fourth-order valence-corrected chi connectivity index (χ4v) is 3.30. The van der Waals surface area contributed by atoms with E-state index in [0.717, 1.165) is 17.8 Å². The van der Waals surface area contributed by atoms with Gasteiger partial charge in [-0.05, 0) is 36.9 Å². The highest BCUT2D eigenvalue weighted by Crippen LogP contribution is 2.17. The highest BCUT2D eigenvalue weighted by atomic mass is 32.1. The molecule has 1 unspecified atom stereocenters. The van der Waals surface area contributed by atoms with Gasteiger partial charge in [-0.2, -0.15) is 0 Å². The fraction of sp³-hybridized carbons (Fsp3) is 0.308. The lowest BCUT2D eigenvalue weighted by Gasteiger charge is -2.11. The molecule has 1 atom stereocenters. The summed E-state index contributed by atoms with van der Waals surface area (Å²) in [7, 11) is 0. The maximum absolute atomic E-state index is 10.8. The molecule has 2 aromatic heterocycles. The molecule has 0 bridgehead atoms. The van der Waals surface area contributed by atoms with Crippen LogP contribution in [0.4, 0.5) is 0 Å². The van der Waals surface area contributed by atoms with Crippen molar-refractivity contribution < 1.29 is 9.90 Å². The molecule has 0 aromatic carbocycles. The fourth-order valence-electron chi connectivity index (χ4n) is 1.67. The van der Waals surface area contributed by atoms with Gasteiger partial charge in [0.1, 0.15) is 4.88 Å². The third-order valence-corrected chi connectivity index (χ3v) is 4.56. The van der Waals surface area contributed by atoms with E-state index in [1.165, 1.54) is 16.2 Å². The van der Waals surface area contributed by atoms with Gasteiger partial charge in [0.15, 0.2) is 0 Å². The van der Waals surface area contributed by atoms with Crippen LogP contribution in [0.25, 0.3) is 0 Å². The Morgan fingerprint density at radius 2 is 2.22 bits per heavy atom. The van der Waals surface area contributed by atoms with Crippen molar-refractivity contribution in [1.29, 1.82) is 0 Å². The van der Waals surface area contributed by atoms with Gasteiger partial charge in [0.05, 0.1) is 0 Å². The number of rotatable bonds is 6. The second-order valence-electron chi connectivity index (χ2n) is 4.14. The molecular formula is C13H15NO2S2. The van der Waals surface area contributed by atoms with Crippen LogP contribution in [-0.4, -0.2) is 17.1 Å². The summed E-state index contributed by atoms with van der Waals surface area (Å²) in [6.45, 7) is 2.87. The first kappa shape index (κ1) is 13.3. The lowest BCUT2D eigenvalue weighted by Crippen LogP contribution is -2.26. The Balaban J connectivity index is 1.81. The molecule has 0 spiro atoms. The minimum atomic E-state index is -0.849. The Morgan fingerprint density at radius 3 is 2.83 bits per heavy atom. The first-order valence-corrected chi connectivity index (χ1v) is 7.42. The Hall–Kier alpha value is -1.17. The van der Waals surface area contributed by atoms with Gasteiger partial charge >= 0.3 is 5.97 Å². The molecule has 3 nitrogen and oxygen atoms in total. The Bertz CT molecular complexity index is 505. The van der Waals surface area contributed by atoms with Crippen LogP contribution in [0.15, 0.2) is 29.6 Å². The van der Waals surface area contributed by atoms with Crippen LogP contribution in [0.1, 0.15) is 26.3 Å². The summed E-state index contributed by atoms with van der Waals surface area (Å²) < 4.78 is 0. The third kappa shape index (κ3) is 3.66. The molecule has 0 aliphatic heterocycles. The highest BCUT2D eigenvalue weighted by molar-refractivity contribution is 7.13. The van der Waals surface area contributed by atoms with Gasteiger partial charge < -0.3 is 10.4 Å². The van der Waals surface area contributed by atoms with Gasteiger partial charge in [0.25, 0.3) is 0 Å². The second-order valence-corrected chi connectivity index (χ2v) is 6.34. The number of carboxylic acid groups (broad SMARTS) is 1. The Morgan fingerprint density at radius 1 is 1.39 bits per heavy atom. The molecule has 0 aliphatic carbocycles. The molecule has 0 radical (unpaired) electrons. The van der Waals surface area contributed by atoms with Crippen molar-refractivity contribution in [2.75, 3.05) is 0 Å². The van der Waals surface area contributed by atoms with Crippen LogP contribution in [-0.2, 0) is 13.0 Å². The van der Waals surface area contributed by atoms with Crippen molar-refractivity contribution in [2.45, 2.75) is 25.9 Å². The van der Waals surface area contributed by atoms with Gasteiger partial charge in [-0.3, -0.25) is 0 Å². The van der Waals surface area contributed by atoms with Gasteiger partial charge in [-0.25, -0.2) is 4.79 Å². The molecule has 0 saturated heterocycles. The van der Waals surface area contributed by atoms with E-state index < -0.39 is 5.97 Å². The number of nitrogens with one attached hydrogen (secondary N) is 1. The summed E-state index contributed by atoms with van der Waals surface area (Å²) in [5, 5.41) is 14.3. The second kappa shape index (κ2) is 6.13. The van der Waals surface area contributed by atoms with Crippen LogP contribution in [0.5, 0.6) is 0 Å². The van der Waals surface area contributed by atoms with Crippen LogP contribution in [0.2, 0.25) is 0 Å². The van der Waals surface area contributed by atoms with E-state index in [0.29, 0.717) is 10.9 Å². The molecule has 96 valence electrons. The number of hydrogen-bond donors (Lipinski definition) is 2. The SMILES string of the molecule is CC(Cc1cccs1)NCc1ccc(C(=O)O)s1. The summed E-state index contributed by atoms with van der Waals surface area (Å²) in [5.41, 5.74) is 0. The zero-order valence-electron chi connectivity index (χ0n) is 10.1. The van der Waals surface area contributed by atoms with E-state index in [-0.39, 0.29) is 0 Å². The first-order valence-electron chi connectivity index (χ1n) is 5.73. The zero-order chi connectivity index (χ0) is 13.0. The predicted molar refractivity (Wildman–Crippen MR) is 75.6 cm³/mol. The van der Waals surface area contributed by atoms with Crippen molar-refractivity contribution in [2.24, 2.45) is 0 Å². The maximum Gasteiger partial charge on any atom is 0.345 e. The van der Waals surface area contributed by atoms with E-state index in [9.17, 15) is 4.79 Å². The van der Waals surface area contributed by atoms with Crippen LogP contribution >= 0.6 is 22.7 Å². The Labute approximate surface area is 114 Å². The molecule has 0 fully saturated rings. The van der Waals surface area contributed by atoms with Gasteiger partial charge in [0.2, 0.25) is 0 Å². The molecule has 2 aromatic rings. The summed E-state index contributed by atoms with van der Waals surface area (Å²) in [4.78, 5) is 13.6. The van der Waals surface area contributed by atoms with Crippen molar-refractivity contribution in [3.05, 3.63) is 44.3 Å². The van der Waals surface area contributed by atoms with E-state index >= 15 is 0 Å². The minimum Gasteiger partial charge on any atom is -0.477 e. The molecule has 0 saturated carbocycles. The van der Waals surface area contributed by atoms with Crippen LogP contribution in [0.3, 0.4) is 0 Å². The first-order chi connectivity index (χ1) is 8.65. The Kier molecular flexibility index (Phi) is 4.52. The zero-order valence-corrected chi connectivity index (χ0v) is 11.7. The predicted octanol–water partition coefficient (Wildman–Crippen LogP) is 3.23. The van der Waals surface area contributed by atoms with E-state index in [2.05, 4.69) is 29.8 Å². The maximum atomic E-state index is 10.8. The lowest BCUT2D eigenvalue weighted by molar-refractivity contribution is 0.0702. The van der Waals surface area contributed by atoms with Gasteiger partial charge in [0, 0.05) is 22.3 Å². The average Bonchev–Trinajstić information content (AvgIpc) is 2.96. The number of thiophene rings is 2. The van der Waals surface area contributed by atoms with Crippen molar-refractivity contribution in [3.63, 3.8) is 0 Å². The number of carbonyl (C=O) groups is 1. The minimum absolute atomic E-state index is 0.388. The number of carboxylic acids is 1. The van der Waals surface area contributed by atoms with Crippen molar-refractivity contribution >= 4 is 28.6 Å². The van der Waals surface area contributed by atoms with Crippen molar-refractivity contribution in [1.82, 2.24) is 5.32 Å². The van der Waals surface area contributed by atoms with Crippen LogP contribution < -0.4 is 5.32 Å². The standard InChI is InChI=1S/C13H15NO2S2/c1-9(7-10-3-2-6-17-10)14-8-11-4-5-12(18-11)13(15)16/h2-6,9,14H,7-8H2,1H3,(H,15,16). The molecule has 2 heterocycles. The smallest absolute Gasteiger partial charge is 0.345 e. The molecule has 5 heteroatoms. The molecule has 0 aliphatic rings. The third-order valence-electron chi connectivity index (χ3n) is 2.58. The number of hydrogen-bond acceptors (Lipinski definition) is 4. The summed E-state index contributed by atoms with van der Waals surface area (Å²) in [6, 6.07) is 8.12. The van der Waals surface area contributed by atoms with Crippen LogP contribution in [0, 0.1) is 0 Å². The number of aromatic carboxylic acids is 1. The average molecular weight is 281 g/mol. The monoisotopic (exact) mass is 281 g/mol. The quantitative estimate of drug-likeness (QED) is 0.854. The molecule has 0 amide bonds. The van der Waals surface area contributed by atoms with E-state index in [1.807, 2.05) is 6.07 Å². The molecule has 2 rings (SSSR count). The summed E-state index contributed by atoms with van der Waals surface area (Å²) >= 11 is 3.10. The topological polar surface area (TPSA) is 49.3 Å². The molecule has 18 heavy (non-hydrogen) atoms. The van der Waals surface area contributed by atoms with Crippen molar-refractivity contribution in [3.8, 4) is 0 Å². The summed E-state index contributed by atoms with van der Waals surface area (Å²) in [5.74, 6) is -0.849. The van der Waals surface area contributed by atoms with Gasteiger partial charge in [-0.1, -0.05) is 6.07 Å².